The van der Waals surface area contributed by atoms with Crippen LogP contribution >= 0.6 is 0 Å². The van der Waals surface area contributed by atoms with Gasteiger partial charge in [-0.05, 0) is 6.07 Å². The summed E-state index contributed by atoms with van der Waals surface area (Å²) in [6.07, 6.45) is -0.816. The molecule has 23 heavy (non-hydrogen) atoms. The van der Waals surface area contributed by atoms with Crippen molar-refractivity contribution in [3.63, 3.8) is 0 Å². The number of para-hydroxylation sites is 1. The van der Waals surface area contributed by atoms with Crippen molar-refractivity contribution in [2.45, 2.75) is 18.4 Å². The van der Waals surface area contributed by atoms with Crippen molar-refractivity contribution in [1.29, 1.82) is 0 Å². The number of methoxy groups -OCH3 is 3. The minimum Gasteiger partial charge on any atom is -0.489 e. The molecule has 7 nitrogen and oxygen atoms in total. The van der Waals surface area contributed by atoms with Gasteiger partial charge < -0.3 is 18.9 Å². The monoisotopic (exact) mass is 322 g/mol. The molecule has 2 unspecified atom stereocenters. The maximum absolute atomic E-state index is 12.1. The fraction of sp³-hybridized carbons (Fsp3) is 0.438. The van der Waals surface area contributed by atoms with Crippen LogP contribution in [0.4, 0.5) is 0 Å². The van der Waals surface area contributed by atoms with Gasteiger partial charge >= 0.3 is 17.9 Å². The van der Waals surface area contributed by atoms with E-state index in [2.05, 4.69) is 4.74 Å². The maximum Gasteiger partial charge on any atom is 0.320 e. The zero-order valence-electron chi connectivity index (χ0n) is 13.1. The number of esters is 3. The van der Waals surface area contributed by atoms with E-state index in [1.165, 1.54) is 21.3 Å². The molecular weight excluding hydrogens is 304 g/mol. The first kappa shape index (κ1) is 16.8. The van der Waals surface area contributed by atoms with Gasteiger partial charge in [0.15, 0.2) is 5.92 Å². The first-order valence-corrected chi connectivity index (χ1v) is 7.01. The van der Waals surface area contributed by atoms with Gasteiger partial charge in [0.2, 0.25) is 0 Å². The van der Waals surface area contributed by atoms with Crippen molar-refractivity contribution in [1.82, 2.24) is 0 Å². The molecule has 1 aromatic rings. The summed E-state index contributed by atoms with van der Waals surface area (Å²) in [5, 5.41) is 0. The number of hydrogen-bond acceptors (Lipinski definition) is 7. The number of carbonyl (C=O) groups excluding carboxylic acids is 3. The van der Waals surface area contributed by atoms with Crippen LogP contribution in [0.5, 0.6) is 5.75 Å². The summed E-state index contributed by atoms with van der Waals surface area (Å²) in [6.45, 7) is 0. The maximum atomic E-state index is 12.1. The Kier molecular flexibility index (Phi) is 5.20. The van der Waals surface area contributed by atoms with Gasteiger partial charge in [0.1, 0.15) is 11.9 Å². The van der Waals surface area contributed by atoms with Gasteiger partial charge in [-0.3, -0.25) is 14.4 Å². The van der Waals surface area contributed by atoms with Crippen LogP contribution in [0, 0.1) is 5.92 Å². The molecule has 0 saturated carbocycles. The third-order valence-electron chi connectivity index (χ3n) is 3.82. The lowest BCUT2D eigenvalue weighted by Crippen LogP contribution is -2.38. The average molecular weight is 322 g/mol. The molecule has 0 aliphatic carbocycles. The largest absolute Gasteiger partial charge is 0.489 e. The van der Waals surface area contributed by atoms with Crippen LogP contribution in [0.15, 0.2) is 24.3 Å². The highest BCUT2D eigenvalue weighted by Crippen LogP contribution is 2.44. The zero-order chi connectivity index (χ0) is 17.0. The van der Waals surface area contributed by atoms with Crippen LogP contribution in [-0.4, -0.2) is 45.3 Å². The fourth-order valence-electron chi connectivity index (χ4n) is 2.75. The third kappa shape index (κ3) is 3.28. The van der Waals surface area contributed by atoms with Crippen molar-refractivity contribution in [2.75, 3.05) is 21.3 Å². The number of rotatable bonds is 5. The highest BCUT2D eigenvalue weighted by atomic mass is 16.5. The molecule has 0 spiro atoms. The normalized spacial score (nSPS) is 18.8. The predicted octanol–water partition coefficient (Wildman–Crippen LogP) is 1.06. The summed E-state index contributed by atoms with van der Waals surface area (Å²) in [4.78, 5) is 35.9. The Morgan fingerprint density at radius 1 is 1.04 bits per heavy atom. The second-order valence-corrected chi connectivity index (χ2v) is 5.02. The molecule has 0 amide bonds. The Morgan fingerprint density at radius 3 is 2.22 bits per heavy atom. The molecule has 2 rings (SSSR count). The van der Waals surface area contributed by atoms with Gasteiger partial charge in [-0.15, -0.1) is 0 Å². The molecular formula is C16H18O7. The second-order valence-electron chi connectivity index (χ2n) is 5.02. The van der Waals surface area contributed by atoms with E-state index in [9.17, 15) is 14.4 Å². The number of ether oxygens (including phenoxy) is 4. The number of benzene rings is 1. The summed E-state index contributed by atoms with van der Waals surface area (Å²) in [7, 11) is 3.64. The van der Waals surface area contributed by atoms with Crippen LogP contribution in [-0.2, 0) is 28.6 Å². The van der Waals surface area contributed by atoms with Gasteiger partial charge in [-0.25, -0.2) is 0 Å². The number of hydrogen-bond donors (Lipinski definition) is 0. The molecule has 0 bridgehead atoms. The van der Waals surface area contributed by atoms with Gasteiger partial charge in [-0.1, -0.05) is 18.2 Å². The van der Waals surface area contributed by atoms with Crippen LogP contribution in [0.3, 0.4) is 0 Å². The Balaban J connectivity index is 2.44. The standard InChI is InChI=1S/C16H18O7/c1-20-12(17)8-11-13(9-6-4-5-7-10(9)23-11)14(15(18)21-2)16(19)22-3/h4-7,11,13-14H,8H2,1-3H3. The average Bonchev–Trinajstić information content (AvgIpc) is 2.92. The molecule has 0 N–H and O–H groups in total. The van der Waals surface area contributed by atoms with E-state index < -0.39 is 35.8 Å². The van der Waals surface area contributed by atoms with Crippen LogP contribution in [0.2, 0.25) is 0 Å². The summed E-state index contributed by atoms with van der Waals surface area (Å²) in [6, 6.07) is 6.99. The van der Waals surface area contributed by atoms with Crippen molar-refractivity contribution in [3.05, 3.63) is 29.8 Å². The molecule has 1 aliphatic heterocycles. The first-order valence-electron chi connectivity index (χ1n) is 7.01. The fourth-order valence-corrected chi connectivity index (χ4v) is 2.75. The van der Waals surface area contributed by atoms with E-state index in [-0.39, 0.29) is 6.42 Å². The predicted molar refractivity (Wildman–Crippen MR) is 77.8 cm³/mol. The summed E-state index contributed by atoms with van der Waals surface area (Å²) < 4.78 is 19.9. The molecule has 0 saturated heterocycles. The molecule has 124 valence electrons. The van der Waals surface area contributed by atoms with E-state index in [1.54, 1.807) is 24.3 Å². The molecule has 2 atom stereocenters. The van der Waals surface area contributed by atoms with Crippen LogP contribution in [0.1, 0.15) is 17.9 Å². The summed E-state index contributed by atoms with van der Waals surface area (Å²) >= 11 is 0. The lowest BCUT2D eigenvalue weighted by Gasteiger charge is -2.23. The SMILES string of the molecule is COC(=O)CC1Oc2ccccc2C1C(C(=O)OC)C(=O)OC. The molecule has 0 aromatic heterocycles. The lowest BCUT2D eigenvalue weighted by atomic mass is 9.82. The van der Waals surface area contributed by atoms with E-state index in [1.807, 2.05) is 0 Å². The van der Waals surface area contributed by atoms with Crippen molar-refractivity contribution in [3.8, 4) is 5.75 Å². The third-order valence-corrected chi connectivity index (χ3v) is 3.82. The molecule has 1 aromatic carbocycles. The van der Waals surface area contributed by atoms with E-state index in [0.29, 0.717) is 11.3 Å². The van der Waals surface area contributed by atoms with Crippen molar-refractivity contribution >= 4 is 17.9 Å². The Morgan fingerprint density at radius 2 is 1.65 bits per heavy atom. The Labute approximate surface area is 133 Å². The smallest absolute Gasteiger partial charge is 0.320 e. The Bertz CT molecular complexity index is 594. The first-order chi connectivity index (χ1) is 11.0. The minimum absolute atomic E-state index is 0.0969. The number of fused-ring (bicyclic) bond motifs is 1. The van der Waals surface area contributed by atoms with Gasteiger partial charge in [0, 0.05) is 11.5 Å². The highest BCUT2D eigenvalue weighted by molar-refractivity contribution is 5.96. The summed E-state index contributed by atoms with van der Waals surface area (Å²) in [5.74, 6) is -3.37. The van der Waals surface area contributed by atoms with Crippen molar-refractivity contribution < 1.29 is 33.3 Å². The molecule has 7 heteroatoms. The Hall–Kier alpha value is -2.57. The minimum atomic E-state index is -1.22. The molecule has 0 fully saturated rings. The van der Waals surface area contributed by atoms with Gasteiger partial charge in [-0.2, -0.15) is 0 Å². The van der Waals surface area contributed by atoms with E-state index in [0.717, 1.165) is 0 Å². The second kappa shape index (κ2) is 7.13. The van der Waals surface area contributed by atoms with Gasteiger partial charge in [0.05, 0.1) is 27.8 Å². The molecule has 1 heterocycles. The van der Waals surface area contributed by atoms with Crippen LogP contribution in [0.25, 0.3) is 0 Å². The zero-order valence-corrected chi connectivity index (χ0v) is 13.1. The molecule has 0 radical (unpaired) electrons. The van der Waals surface area contributed by atoms with Crippen molar-refractivity contribution in [2.24, 2.45) is 5.92 Å². The topological polar surface area (TPSA) is 88.1 Å². The lowest BCUT2D eigenvalue weighted by molar-refractivity contribution is -0.161. The quantitative estimate of drug-likeness (QED) is 0.455. The highest BCUT2D eigenvalue weighted by Gasteiger charge is 2.48. The van der Waals surface area contributed by atoms with Gasteiger partial charge in [0.25, 0.3) is 0 Å². The van der Waals surface area contributed by atoms with E-state index in [4.69, 9.17) is 14.2 Å². The molecule has 1 aliphatic rings. The van der Waals surface area contributed by atoms with Crippen LogP contribution < -0.4 is 4.74 Å². The number of carbonyl (C=O) groups is 3. The van der Waals surface area contributed by atoms with E-state index >= 15 is 0 Å². The summed E-state index contributed by atoms with van der Waals surface area (Å²) in [5.41, 5.74) is 0.655.